The van der Waals surface area contributed by atoms with Gasteiger partial charge in [0.05, 0.1) is 23.7 Å². The molecule has 0 bridgehead atoms. The highest BCUT2D eigenvalue weighted by Crippen LogP contribution is 2.20. The number of carbonyl (C=O) groups is 1. The van der Waals surface area contributed by atoms with E-state index in [1.165, 1.54) is 17.4 Å². The van der Waals surface area contributed by atoms with Gasteiger partial charge in [-0.25, -0.2) is 4.39 Å². The van der Waals surface area contributed by atoms with E-state index < -0.39 is 0 Å². The fourth-order valence-electron chi connectivity index (χ4n) is 2.53. The van der Waals surface area contributed by atoms with E-state index in [1.807, 2.05) is 18.2 Å². The average Bonchev–Trinajstić information content (AvgIpc) is 2.94. The summed E-state index contributed by atoms with van der Waals surface area (Å²) in [7, 11) is 1.59. The minimum atomic E-state index is -0.334. The van der Waals surface area contributed by atoms with Crippen LogP contribution in [-0.2, 0) is 17.8 Å². The summed E-state index contributed by atoms with van der Waals surface area (Å²) in [6.07, 6.45) is 1.83. The molecule has 0 aliphatic rings. The molecule has 0 saturated carbocycles. The number of amides is 1. The van der Waals surface area contributed by atoms with Crippen molar-refractivity contribution in [3.8, 4) is 5.75 Å². The van der Waals surface area contributed by atoms with Gasteiger partial charge in [0.1, 0.15) is 11.6 Å². The van der Waals surface area contributed by atoms with Gasteiger partial charge in [0.2, 0.25) is 0 Å². The van der Waals surface area contributed by atoms with Gasteiger partial charge in [0.25, 0.3) is 5.91 Å². The summed E-state index contributed by atoms with van der Waals surface area (Å²) >= 11 is 1.29. The molecular weight excluding hydrogens is 339 g/mol. The third kappa shape index (κ3) is 3.69. The van der Waals surface area contributed by atoms with E-state index in [2.05, 4.69) is 11.6 Å². The molecule has 3 rings (SSSR count). The zero-order chi connectivity index (χ0) is 17.8. The van der Waals surface area contributed by atoms with Gasteiger partial charge >= 0.3 is 0 Å². The first-order valence-electron chi connectivity index (χ1n) is 7.71. The summed E-state index contributed by atoms with van der Waals surface area (Å²) in [4.78, 5) is 17.0. The number of carbonyl (C=O) groups excluding carboxylic acids is 1. The van der Waals surface area contributed by atoms with Gasteiger partial charge in [-0.2, -0.15) is 4.99 Å². The average molecular weight is 356 g/mol. The first-order chi connectivity index (χ1) is 12.1. The molecule has 0 aliphatic carbocycles. The van der Waals surface area contributed by atoms with Crippen LogP contribution < -0.4 is 9.54 Å². The first-order valence-corrected chi connectivity index (χ1v) is 8.53. The molecule has 0 unspecified atom stereocenters. The van der Waals surface area contributed by atoms with Gasteiger partial charge < -0.3 is 9.30 Å². The molecule has 25 heavy (non-hydrogen) atoms. The number of methoxy groups -OCH3 is 1. The number of para-hydroxylation sites is 1. The summed E-state index contributed by atoms with van der Waals surface area (Å²) in [5.41, 5.74) is 1.29. The quantitative estimate of drug-likeness (QED) is 0.654. The lowest BCUT2D eigenvalue weighted by Gasteiger charge is -2.02. The Hall–Kier alpha value is -2.73. The lowest BCUT2D eigenvalue weighted by atomic mass is 10.1. The largest absolute Gasteiger partial charge is 0.497 e. The molecule has 3 aromatic rings. The van der Waals surface area contributed by atoms with Crippen molar-refractivity contribution in [3.63, 3.8) is 0 Å². The van der Waals surface area contributed by atoms with Gasteiger partial charge in [-0.15, -0.1) is 6.58 Å². The molecule has 1 heterocycles. The Balaban J connectivity index is 1.96. The Morgan fingerprint density at radius 1 is 1.32 bits per heavy atom. The van der Waals surface area contributed by atoms with Crippen molar-refractivity contribution < 1.29 is 13.9 Å². The summed E-state index contributed by atoms with van der Waals surface area (Å²) in [6.45, 7) is 4.08. The van der Waals surface area contributed by atoms with Crippen molar-refractivity contribution in [1.82, 2.24) is 4.57 Å². The van der Waals surface area contributed by atoms with Crippen LogP contribution in [0.1, 0.15) is 5.56 Å². The molecule has 0 spiro atoms. The summed E-state index contributed by atoms with van der Waals surface area (Å²) in [5, 5.41) is 0. The smallest absolute Gasteiger partial charge is 0.252 e. The molecule has 0 fully saturated rings. The number of nitrogens with zero attached hydrogens (tertiary/aromatic N) is 2. The van der Waals surface area contributed by atoms with E-state index in [1.54, 1.807) is 36.0 Å². The molecule has 4 nitrogen and oxygen atoms in total. The molecule has 0 saturated heterocycles. The maximum Gasteiger partial charge on any atom is 0.252 e. The second-order valence-corrected chi connectivity index (χ2v) is 6.41. The second-order valence-electron chi connectivity index (χ2n) is 5.40. The molecule has 0 atom stereocenters. The van der Waals surface area contributed by atoms with Gasteiger partial charge in [-0.3, -0.25) is 4.79 Å². The van der Waals surface area contributed by atoms with Gasteiger partial charge in [0, 0.05) is 6.54 Å². The Morgan fingerprint density at radius 2 is 2.08 bits per heavy atom. The normalized spacial score (nSPS) is 11.7. The van der Waals surface area contributed by atoms with Crippen molar-refractivity contribution in [1.29, 1.82) is 0 Å². The maximum atomic E-state index is 14.2. The van der Waals surface area contributed by atoms with Crippen LogP contribution in [0.25, 0.3) is 10.2 Å². The zero-order valence-electron chi connectivity index (χ0n) is 13.7. The Bertz CT molecular complexity index is 987. The van der Waals surface area contributed by atoms with Crippen LogP contribution in [0.5, 0.6) is 5.75 Å². The number of ether oxygens (including phenoxy) is 1. The fraction of sp³-hybridized carbons (Fsp3) is 0.158. The highest BCUT2D eigenvalue weighted by Gasteiger charge is 2.11. The number of hydrogen-bond acceptors (Lipinski definition) is 3. The number of rotatable bonds is 5. The van der Waals surface area contributed by atoms with Crippen molar-refractivity contribution in [2.75, 3.05) is 7.11 Å². The third-order valence-electron chi connectivity index (χ3n) is 3.70. The van der Waals surface area contributed by atoms with Crippen molar-refractivity contribution in [3.05, 3.63) is 71.3 Å². The number of aromatic nitrogens is 1. The number of allylic oxidation sites excluding steroid dienone is 1. The number of halogens is 1. The van der Waals surface area contributed by atoms with Crippen molar-refractivity contribution in [2.24, 2.45) is 4.99 Å². The van der Waals surface area contributed by atoms with E-state index in [-0.39, 0.29) is 18.1 Å². The Labute approximate surface area is 148 Å². The van der Waals surface area contributed by atoms with E-state index in [0.29, 0.717) is 16.9 Å². The fourth-order valence-corrected chi connectivity index (χ4v) is 3.61. The summed E-state index contributed by atoms with van der Waals surface area (Å²) in [5.74, 6) is 0.117. The zero-order valence-corrected chi connectivity index (χ0v) is 14.6. The topological polar surface area (TPSA) is 43.6 Å². The highest BCUT2D eigenvalue weighted by atomic mass is 32.1. The Kier molecular flexibility index (Phi) is 5.09. The van der Waals surface area contributed by atoms with Crippen LogP contribution in [-0.4, -0.2) is 17.6 Å². The van der Waals surface area contributed by atoms with Gasteiger partial charge in [0.15, 0.2) is 4.80 Å². The molecule has 6 heteroatoms. The standard InChI is InChI=1S/C19H17FN2O2S/c1-3-11-22-18-15(20)5-4-6-16(18)25-19(22)21-17(23)12-13-7-9-14(24-2)10-8-13/h3-10H,1,11-12H2,2H3. The van der Waals surface area contributed by atoms with Gasteiger partial charge in [-0.1, -0.05) is 35.6 Å². The minimum Gasteiger partial charge on any atom is -0.497 e. The Morgan fingerprint density at radius 3 is 2.76 bits per heavy atom. The van der Waals surface area contributed by atoms with Crippen LogP contribution >= 0.6 is 11.3 Å². The number of thiazole rings is 1. The summed E-state index contributed by atoms with van der Waals surface area (Å²) < 4.78 is 21.7. The maximum absolute atomic E-state index is 14.2. The van der Waals surface area contributed by atoms with E-state index in [0.717, 1.165) is 16.0 Å². The van der Waals surface area contributed by atoms with Crippen LogP contribution in [0.15, 0.2) is 60.1 Å². The molecule has 1 aromatic heterocycles. The SMILES string of the molecule is C=CCn1c(=NC(=O)Cc2ccc(OC)cc2)sc2cccc(F)c21. The van der Waals surface area contributed by atoms with Crippen LogP contribution in [0.2, 0.25) is 0 Å². The van der Waals surface area contributed by atoms with Crippen LogP contribution in [0, 0.1) is 5.82 Å². The van der Waals surface area contributed by atoms with E-state index in [9.17, 15) is 9.18 Å². The van der Waals surface area contributed by atoms with Crippen LogP contribution in [0.4, 0.5) is 4.39 Å². The van der Waals surface area contributed by atoms with E-state index >= 15 is 0 Å². The third-order valence-corrected chi connectivity index (χ3v) is 4.74. The predicted octanol–water partition coefficient (Wildman–Crippen LogP) is 3.71. The molecule has 0 aliphatic heterocycles. The molecule has 0 radical (unpaired) electrons. The molecule has 2 aromatic carbocycles. The second kappa shape index (κ2) is 7.44. The molecule has 0 N–H and O–H groups in total. The molecule has 1 amide bonds. The number of benzene rings is 2. The van der Waals surface area contributed by atoms with Crippen molar-refractivity contribution >= 4 is 27.5 Å². The van der Waals surface area contributed by atoms with Crippen LogP contribution in [0.3, 0.4) is 0 Å². The highest BCUT2D eigenvalue weighted by molar-refractivity contribution is 7.16. The monoisotopic (exact) mass is 356 g/mol. The predicted molar refractivity (Wildman–Crippen MR) is 97.2 cm³/mol. The lowest BCUT2D eigenvalue weighted by Crippen LogP contribution is -2.17. The number of fused-ring (bicyclic) bond motifs is 1. The molecular formula is C19H17FN2O2S. The van der Waals surface area contributed by atoms with Crippen molar-refractivity contribution in [2.45, 2.75) is 13.0 Å². The van der Waals surface area contributed by atoms with Gasteiger partial charge in [-0.05, 0) is 29.8 Å². The molecule has 128 valence electrons. The lowest BCUT2D eigenvalue weighted by molar-refractivity contribution is -0.117. The summed E-state index contributed by atoms with van der Waals surface area (Å²) in [6, 6.07) is 12.1. The minimum absolute atomic E-state index is 0.175. The number of hydrogen-bond donors (Lipinski definition) is 0. The first kappa shape index (κ1) is 17.1. The van der Waals surface area contributed by atoms with E-state index in [4.69, 9.17) is 4.74 Å².